The van der Waals surface area contributed by atoms with Crippen LogP contribution in [0, 0.1) is 0 Å². The predicted octanol–water partition coefficient (Wildman–Crippen LogP) is 11.2. The lowest BCUT2D eigenvalue weighted by molar-refractivity contribution is 0.455. The van der Waals surface area contributed by atoms with Gasteiger partial charge in [0.25, 0.3) is 0 Å². The fourth-order valence-electron chi connectivity index (χ4n) is 4.30. The molecule has 38 heavy (non-hydrogen) atoms. The van der Waals surface area contributed by atoms with Crippen LogP contribution in [0.25, 0.3) is 0 Å². The summed E-state index contributed by atoms with van der Waals surface area (Å²) in [5, 5.41) is 19.5. The maximum absolute atomic E-state index is 9.91. The molecule has 0 radical (unpaired) electrons. The summed E-state index contributed by atoms with van der Waals surface area (Å²) in [5.41, 5.74) is 9.44. The molecule has 1 aromatic carbocycles. The summed E-state index contributed by atoms with van der Waals surface area (Å²) in [4.78, 5) is 0. The second kappa shape index (κ2) is 19.3. The Labute approximate surface area is 234 Å². The molecule has 0 fully saturated rings. The van der Waals surface area contributed by atoms with E-state index >= 15 is 0 Å². The van der Waals surface area contributed by atoms with E-state index in [1.54, 1.807) is 12.1 Å². The zero-order valence-corrected chi connectivity index (χ0v) is 25.4. The summed E-state index contributed by atoms with van der Waals surface area (Å²) in [5.74, 6) is 0.430. The van der Waals surface area contributed by atoms with Crippen LogP contribution < -0.4 is 0 Å². The molecule has 0 spiro atoms. The molecule has 0 unspecified atom stereocenters. The van der Waals surface area contributed by atoms with Gasteiger partial charge in [-0.3, -0.25) is 0 Å². The van der Waals surface area contributed by atoms with Crippen LogP contribution in [0.15, 0.2) is 88.1 Å². The Morgan fingerprint density at radius 1 is 0.526 bits per heavy atom. The Hall–Kier alpha value is -2.74. The van der Waals surface area contributed by atoms with Crippen LogP contribution in [-0.2, 0) is 6.42 Å². The normalized spacial score (nSPS) is 13.7. The largest absolute Gasteiger partial charge is 0.508 e. The van der Waals surface area contributed by atoms with Crippen molar-refractivity contribution < 1.29 is 10.2 Å². The number of rotatable bonds is 17. The van der Waals surface area contributed by atoms with Crippen molar-refractivity contribution in [2.45, 2.75) is 119 Å². The van der Waals surface area contributed by atoms with Crippen LogP contribution in [0.1, 0.15) is 118 Å². The van der Waals surface area contributed by atoms with E-state index in [4.69, 9.17) is 0 Å². The van der Waals surface area contributed by atoms with Crippen molar-refractivity contribution in [1.29, 1.82) is 0 Å². The second-order valence-corrected chi connectivity index (χ2v) is 11.2. The minimum absolute atomic E-state index is 0.193. The van der Waals surface area contributed by atoms with Crippen molar-refractivity contribution in [3.8, 4) is 11.5 Å². The van der Waals surface area contributed by atoms with Crippen LogP contribution in [-0.4, -0.2) is 10.2 Å². The minimum atomic E-state index is 0.193. The molecule has 1 aromatic rings. The molecule has 2 nitrogen and oxygen atoms in total. The number of hydrogen-bond acceptors (Lipinski definition) is 2. The van der Waals surface area contributed by atoms with Crippen molar-refractivity contribution in [3.05, 3.63) is 93.7 Å². The van der Waals surface area contributed by atoms with E-state index in [0.717, 1.165) is 56.9 Å². The highest BCUT2D eigenvalue weighted by Gasteiger charge is 2.01. The molecule has 2 heteroatoms. The molecular formula is C36H54O2. The van der Waals surface area contributed by atoms with E-state index in [1.165, 1.54) is 52.3 Å². The monoisotopic (exact) mass is 518 g/mol. The fourth-order valence-corrected chi connectivity index (χ4v) is 4.30. The number of phenolic OH excluding ortho intramolecular Hbond substituents is 2. The van der Waals surface area contributed by atoms with Gasteiger partial charge in [0.15, 0.2) is 0 Å². The lowest BCUT2D eigenvalue weighted by Gasteiger charge is -2.05. The fraction of sp³-hybridized carbons (Fsp3) is 0.500. The van der Waals surface area contributed by atoms with Crippen molar-refractivity contribution in [2.75, 3.05) is 0 Å². The molecule has 0 saturated carbocycles. The maximum atomic E-state index is 9.91. The Morgan fingerprint density at radius 3 is 1.29 bits per heavy atom. The van der Waals surface area contributed by atoms with Gasteiger partial charge in [-0.1, -0.05) is 69.9 Å². The van der Waals surface area contributed by atoms with Gasteiger partial charge < -0.3 is 10.2 Å². The van der Waals surface area contributed by atoms with E-state index in [9.17, 15) is 10.2 Å². The predicted molar refractivity (Wildman–Crippen MR) is 168 cm³/mol. The molecule has 0 bridgehead atoms. The van der Waals surface area contributed by atoms with Crippen LogP contribution in [0.3, 0.4) is 0 Å². The standard InChI is InChI=1S/C36H54O2/c1-28(2)13-8-14-29(3)15-9-16-30(4)17-10-18-31(5)19-11-20-32(6)21-12-22-33(7)23-24-34-27-35(37)25-26-36(34)38/h13,15,17,19,21,23,25-27,37-38H,8-12,14,16,18,20,22,24H2,1-7H3/b29-15+,30-17+,31-19+,32-21+,33-23+. The van der Waals surface area contributed by atoms with Gasteiger partial charge in [-0.15, -0.1) is 0 Å². The van der Waals surface area contributed by atoms with Crippen LogP contribution in [0.4, 0.5) is 0 Å². The third kappa shape index (κ3) is 16.9. The van der Waals surface area contributed by atoms with E-state index < -0.39 is 0 Å². The molecule has 1 rings (SSSR count). The van der Waals surface area contributed by atoms with E-state index in [2.05, 4.69) is 84.9 Å². The van der Waals surface area contributed by atoms with Crippen molar-refractivity contribution in [3.63, 3.8) is 0 Å². The first-order valence-electron chi connectivity index (χ1n) is 14.5. The molecule has 0 aliphatic heterocycles. The van der Waals surface area contributed by atoms with Gasteiger partial charge >= 0.3 is 0 Å². The zero-order valence-electron chi connectivity index (χ0n) is 25.4. The van der Waals surface area contributed by atoms with Gasteiger partial charge in [0.05, 0.1) is 0 Å². The molecule has 0 atom stereocenters. The highest BCUT2D eigenvalue weighted by atomic mass is 16.3. The maximum Gasteiger partial charge on any atom is 0.119 e. The third-order valence-electron chi connectivity index (χ3n) is 6.95. The third-order valence-corrected chi connectivity index (χ3v) is 6.95. The number of benzene rings is 1. The average Bonchev–Trinajstić information content (AvgIpc) is 2.84. The molecule has 0 aliphatic carbocycles. The van der Waals surface area contributed by atoms with Crippen LogP contribution in [0.2, 0.25) is 0 Å². The van der Waals surface area contributed by atoms with Gasteiger partial charge in [0, 0.05) is 5.56 Å². The summed E-state index contributed by atoms with van der Waals surface area (Å²) < 4.78 is 0. The first-order valence-corrected chi connectivity index (χ1v) is 14.5. The lowest BCUT2D eigenvalue weighted by Crippen LogP contribution is -1.86. The number of phenols is 2. The van der Waals surface area contributed by atoms with Gasteiger partial charge in [-0.05, 0) is 137 Å². The average molecular weight is 519 g/mol. The molecule has 0 heterocycles. The molecule has 210 valence electrons. The topological polar surface area (TPSA) is 40.5 Å². The first-order chi connectivity index (χ1) is 18.1. The zero-order chi connectivity index (χ0) is 28.3. The van der Waals surface area contributed by atoms with Gasteiger partial charge in [0.2, 0.25) is 0 Å². The Kier molecular flexibility index (Phi) is 16.9. The molecule has 0 amide bonds. The van der Waals surface area contributed by atoms with E-state index in [-0.39, 0.29) is 11.5 Å². The van der Waals surface area contributed by atoms with Gasteiger partial charge in [-0.2, -0.15) is 0 Å². The second-order valence-electron chi connectivity index (χ2n) is 11.2. The number of hydrogen-bond donors (Lipinski definition) is 2. The highest BCUT2D eigenvalue weighted by Crippen LogP contribution is 2.23. The minimum Gasteiger partial charge on any atom is -0.508 e. The van der Waals surface area contributed by atoms with E-state index in [0.29, 0.717) is 6.42 Å². The highest BCUT2D eigenvalue weighted by molar-refractivity contribution is 5.39. The summed E-state index contributed by atoms with van der Waals surface area (Å²) >= 11 is 0. The van der Waals surface area contributed by atoms with Crippen molar-refractivity contribution >= 4 is 0 Å². The number of allylic oxidation sites excluding steroid dienone is 12. The summed E-state index contributed by atoms with van der Waals surface area (Å²) in [7, 11) is 0. The Bertz CT molecular complexity index is 1020. The number of aromatic hydroxyl groups is 2. The SMILES string of the molecule is CC(C)=CCC/C(C)=C/CC/C(C)=C/CC/C(C)=C/CC/C(C)=C/CC/C(C)=C/Cc1cc(O)ccc1O. The van der Waals surface area contributed by atoms with Gasteiger partial charge in [-0.25, -0.2) is 0 Å². The Morgan fingerprint density at radius 2 is 0.895 bits per heavy atom. The molecule has 2 N–H and O–H groups in total. The van der Waals surface area contributed by atoms with Crippen molar-refractivity contribution in [1.82, 2.24) is 0 Å². The van der Waals surface area contributed by atoms with Crippen LogP contribution in [0.5, 0.6) is 11.5 Å². The van der Waals surface area contributed by atoms with Crippen LogP contribution >= 0.6 is 0 Å². The molecule has 0 saturated heterocycles. The molecular weight excluding hydrogens is 464 g/mol. The summed E-state index contributed by atoms with van der Waals surface area (Å²) in [6.07, 6.45) is 25.9. The summed E-state index contributed by atoms with van der Waals surface area (Å²) in [6, 6.07) is 4.68. The lowest BCUT2D eigenvalue weighted by atomic mass is 10.0. The molecule has 0 aliphatic rings. The summed E-state index contributed by atoms with van der Waals surface area (Å²) in [6.45, 7) is 15.5. The Balaban J connectivity index is 2.28. The van der Waals surface area contributed by atoms with Crippen molar-refractivity contribution in [2.24, 2.45) is 0 Å². The molecule has 0 aromatic heterocycles. The van der Waals surface area contributed by atoms with E-state index in [1.807, 2.05) is 0 Å². The quantitative estimate of drug-likeness (QED) is 0.159. The smallest absolute Gasteiger partial charge is 0.119 e. The first kappa shape index (κ1) is 33.3. The van der Waals surface area contributed by atoms with Gasteiger partial charge in [0.1, 0.15) is 11.5 Å².